The van der Waals surface area contributed by atoms with Crippen molar-refractivity contribution in [2.75, 3.05) is 32.2 Å². The van der Waals surface area contributed by atoms with E-state index in [-0.39, 0.29) is 51.4 Å². The average molecular weight is 445 g/mol. The number of pyridine rings is 1. The fourth-order valence-corrected chi connectivity index (χ4v) is 3.98. The first kappa shape index (κ1) is 19.5. The van der Waals surface area contributed by atoms with Crippen LogP contribution in [-0.4, -0.2) is 47.4 Å². The molecule has 158 valence electrons. The van der Waals surface area contributed by atoms with Gasteiger partial charge < -0.3 is 19.5 Å². The maximum atomic E-state index is 15.8. The minimum atomic E-state index is -0.799. The standard InChI is InChI=1S/C21H15ClF2N4O3/c1-28-5-6-31-20-14-18(26-21(30-2)27-19(14)28)16(24)17(25-20)11-8-10(29)7-9-3-4-12(23)15(22)13(9)11/h3-4,7-8,29H,5-6H2,1-2H3. The number of ether oxygens (including phenoxy) is 2. The number of aromatic hydroxyl groups is 1. The van der Waals surface area contributed by atoms with Crippen molar-refractivity contribution in [3.8, 4) is 28.9 Å². The van der Waals surface area contributed by atoms with Crippen LogP contribution in [0, 0.1) is 11.6 Å². The molecule has 3 heterocycles. The smallest absolute Gasteiger partial charge is 0.318 e. The van der Waals surface area contributed by atoms with E-state index in [0.717, 1.165) is 0 Å². The summed E-state index contributed by atoms with van der Waals surface area (Å²) in [6.07, 6.45) is 0. The summed E-state index contributed by atoms with van der Waals surface area (Å²) in [5.74, 6) is -1.09. The molecule has 7 nitrogen and oxygen atoms in total. The molecular formula is C21H15ClF2N4O3. The number of likely N-dealkylation sites (N-methyl/N-ethyl adjacent to an activating group) is 1. The van der Waals surface area contributed by atoms with Crippen LogP contribution in [0.1, 0.15) is 0 Å². The zero-order valence-corrected chi connectivity index (χ0v) is 17.2. The molecule has 1 aliphatic heterocycles. The van der Waals surface area contributed by atoms with E-state index in [1.165, 1.54) is 31.4 Å². The van der Waals surface area contributed by atoms with Gasteiger partial charge in [-0.25, -0.2) is 13.8 Å². The minimum absolute atomic E-state index is 0.0249. The van der Waals surface area contributed by atoms with Gasteiger partial charge in [0.25, 0.3) is 0 Å². The number of fused-ring (bicyclic) bond motifs is 1. The number of methoxy groups -OCH3 is 1. The number of halogens is 3. The first-order chi connectivity index (χ1) is 14.9. The van der Waals surface area contributed by atoms with Crippen molar-refractivity contribution in [1.29, 1.82) is 0 Å². The second-order valence-electron chi connectivity index (χ2n) is 7.06. The summed E-state index contributed by atoms with van der Waals surface area (Å²) >= 11 is 6.22. The van der Waals surface area contributed by atoms with Crippen molar-refractivity contribution in [2.24, 2.45) is 0 Å². The fourth-order valence-electron chi connectivity index (χ4n) is 3.71. The van der Waals surface area contributed by atoms with Crippen molar-refractivity contribution < 1.29 is 23.4 Å². The fraction of sp³-hybridized carbons (Fsp3) is 0.190. The number of benzene rings is 2. The van der Waals surface area contributed by atoms with E-state index in [9.17, 15) is 9.50 Å². The number of rotatable bonds is 2. The molecule has 0 atom stereocenters. The third-order valence-electron chi connectivity index (χ3n) is 5.17. The van der Waals surface area contributed by atoms with Crippen LogP contribution in [0.4, 0.5) is 14.6 Å². The Labute approximate surface area is 179 Å². The van der Waals surface area contributed by atoms with Crippen molar-refractivity contribution in [2.45, 2.75) is 0 Å². The molecule has 0 spiro atoms. The van der Waals surface area contributed by atoms with Gasteiger partial charge in [-0.3, -0.25) is 0 Å². The predicted molar refractivity (Wildman–Crippen MR) is 112 cm³/mol. The summed E-state index contributed by atoms with van der Waals surface area (Å²) in [5, 5.41) is 10.9. The Bertz CT molecular complexity index is 1380. The molecule has 0 saturated carbocycles. The third-order valence-corrected chi connectivity index (χ3v) is 5.54. The Hall–Kier alpha value is -3.46. The van der Waals surface area contributed by atoms with Crippen LogP contribution in [0.2, 0.25) is 5.02 Å². The Balaban J connectivity index is 1.93. The molecule has 0 radical (unpaired) electrons. The highest BCUT2D eigenvalue weighted by molar-refractivity contribution is 6.37. The topological polar surface area (TPSA) is 80.6 Å². The quantitative estimate of drug-likeness (QED) is 0.493. The van der Waals surface area contributed by atoms with Crippen LogP contribution < -0.4 is 14.4 Å². The second kappa shape index (κ2) is 7.05. The SMILES string of the molecule is COc1nc2c3c(nc(-c4cc(O)cc5ccc(F)c(Cl)c45)c(F)c3n1)OCCN2C. The van der Waals surface area contributed by atoms with Gasteiger partial charge in [-0.2, -0.15) is 9.97 Å². The molecule has 1 aliphatic rings. The van der Waals surface area contributed by atoms with E-state index in [2.05, 4.69) is 15.0 Å². The molecule has 2 aromatic heterocycles. The average Bonchev–Trinajstić information content (AvgIpc) is 2.91. The van der Waals surface area contributed by atoms with Gasteiger partial charge in [-0.15, -0.1) is 0 Å². The predicted octanol–water partition coefficient (Wildman–Crippen LogP) is 4.32. The molecule has 0 unspecified atom stereocenters. The van der Waals surface area contributed by atoms with E-state index in [1.54, 1.807) is 11.9 Å². The van der Waals surface area contributed by atoms with Crippen LogP contribution in [0.25, 0.3) is 32.9 Å². The van der Waals surface area contributed by atoms with Crippen molar-refractivity contribution in [3.63, 3.8) is 0 Å². The number of phenolic OH excluding ortho intramolecular Hbond substituents is 1. The molecule has 0 aliphatic carbocycles. The lowest BCUT2D eigenvalue weighted by Crippen LogP contribution is -2.22. The van der Waals surface area contributed by atoms with Gasteiger partial charge in [-0.1, -0.05) is 17.7 Å². The Morgan fingerprint density at radius 3 is 2.74 bits per heavy atom. The molecule has 0 fully saturated rings. The van der Waals surface area contributed by atoms with Gasteiger partial charge in [-0.05, 0) is 23.6 Å². The molecule has 10 heteroatoms. The lowest BCUT2D eigenvalue weighted by atomic mass is 9.99. The molecule has 0 saturated heterocycles. The summed E-state index contributed by atoms with van der Waals surface area (Å²) in [7, 11) is 3.17. The highest BCUT2D eigenvalue weighted by Gasteiger charge is 2.27. The second-order valence-corrected chi connectivity index (χ2v) is 7.44. The zero-order valence-electron chi connectivity index (χ0n) is 16.4. The van der Waals surface area contributed by atoms with E-state index in [4.69, 9.17) is 21.1 Å². The van der Waals surface area contributed by atoms with Crippen molar-refractivity contribution in [1.82, 2.24) is 15.0 Å². The number of hydrogen-bond acceptors (Lipinski definition) is 7. The summed E-state index contributed by atoms with van der Waals surface area (Å²) in [6, 6.07) is 5.29. The molecule has 2 aromatic carbocycles. The highest BCUT2D eigenvalue weighted by atomic mass is 35.5. The molecular weight excluding hydrogens is 430 g/mol. The largest absolute Gasteiger partial charge is 0.508 e. The lowest BCUT2D eigenvalue weighted by Gasteiger charge is -2.17. The first-order valence-electron chi connectivity index (χ1n) is 9.29. The van der Waals surface area contributed by atoms with Gasteiger partial charge in [0.2, 0.25) is 5.88 Å². The molecule has 1 N–H and O–H groups in total. The lowest BCUT2D eigenvalue weighted by molar-refractivity contribution is 0.321. The van der Waals surface area contributed by atoms with E-state index in [0.29, 0.717) is 23.1 Å². The van der Waals surface area contributed by atoms with Gasteiger partial charge in [0.05, 0.1) is 18.7 Å². The Morgan fingerprint density at radius 1 is 1.16 bits per heavy atom. The van der Waals surface area contributed by atoms with E-state index >= 15 is 4.39 Å². The van der Waals surface area contributed by atoms with Crippen molar-refractivity contribution in [3.05, 3.63) is 40.9 Å². The monoisotopic (exact) mass is 444 g/mol. The molecule has 0 amide bonds. The molecule has 4 aromatic rings. The Morgan fingerprint density at radius 2 is 1.97 bits per heavy atom. The summed E-state index contributed by atoms with van der Waals surface area (Å²) in [5.41, 5.74) is -0.151. The summed E-state index contributed by atoms with van der Waals surface area (Å²) in [6.45, 7) is 0.757. The van der Waals surface area contributed by atoms with Gasteiger partial charge in [0, 0.05) is 18.0 Å². The maximum absolute atomic E-state index is 15.8. The Kier molecular flexibility index (Phi) is 4.44. The van der Waals surface area contributed by atoms with Crippen LogP contribution in [0.15, 0.2) is 24.3 Å². The first-order valence-corrected chi connectivity index (χ1v) is 9.67. The van der Waals surface area contributed by atoms with E-state index in [1.807, 2.05) is 0 Å². The van der Waals surface area contributed by atoms with Gasteiger partial charge in [0.15, 0.2) is 5.82 Å². The van der Waals surface area contributed by atoms with Crippen LogP contribution >= 0.6 is 11.6 Å². The molecule has 5 rings (SSSR count). The number of hydrogen-bond donors (Lipinski definition) is 1. The van der Waals surface area contributed by atoms with Gasteiger partial charge in [0.1, 0.15) is 40.6 Å². The zero-order chi connectivity index (χ0) is 21.9. The number of anilines is 1. The summed E-state index contributed by atoms with van der Waals surface area (Å²) < 4.78 is 41.0. The van der Waals surface area contributed by atoms with E-state index < -0.39 is 11.6 Å². The van der Waals surface area contributed by atoms with Crippen LogP contribution in [0.3, 0.4) is 0 Å². The van der Waals surface area contributed by atoms with Crippen molar-refractivity contribution >= 4 is 39.1 Å². The van der Waals surface area contributed by atoms with Crippen LogP contribution in [-0.2, 0) is 0 Å². The summed E-state index contributed by atoms with van der Waals surface area (Å²) in [4.78, 5) is 14.7. The van der Waals surface area contributed by atoms with Crippen LogP contribution in [0.5, 0.6) is 17.6 Å². The minimum Gasteiger partial charge on any atom is -0.508 e. The number of nitrogens with zero attached hydrogens (tertiary/aromatic N) is 4. The maximum Gasteiger partial charge on any atom is 0.318 e. The normalized spacial score (nSPS) is 13.4. The molecule has 0 bridgehead atoms. The number of aromatic nitrogens is 3. The molecule has 31 heavy (non-hydrogen) atoms. The third kappa shape index (κ3) is 2.96. The van der Waals surface area contributed by atoms with Gasteiger partial charge >= 0.3 is 6.01 Å². The highest BCUT2D eigenvalue weighted by Crippen LogP contribution is 2.43. The number of phenols is 1.